The van der Waals surface area contributed by atoms with Crippen molar-refractivity contribution in [1.82, 2.24) is 0 Å². The third-order valence-electron chi connectivity index (χ3n) is 2.34. The lowest BCUT2D eigenvalue weighted by atomic mass is 10.1. The van der Waals surface area contributed by atoms with Crippen molar-refractivity contribution in [2.45, 2.75) is 11.8 Å². The zero-order valence-corrected chi connectivity index (χ0v) is 13.3. The molecule has 1 aromatic heterocycles. The molecule has 0 fully saturated rings. The molecule has 0 amide bonds. The Morgan fingerprint density at radius 2 is 2.18 bits per heavy atom. The van der Waals surface area contributed by atoms with Gasteiger partial charge in [-0.15, -0.1) is 11.3 Å². The summed E-state index contributed by atoms with van der Waals surface area (Å²) in [6, 6.07) is 10.4. The maximum Gasteiger partial charge on any atom is 0.133 e. The third kappa shape index (κ3) is 3.12. The van der Waals surface area contributed by atoms with Crippen LogP contribution in [-0.2, 0) is 0 Å². The second kappa shape index (κ2) is 6.03. The highest BCUT2D eigenvalue weighted by Gasteiger charge is 2.13. The lowest BCUT2D eigenvalue weighted by molar-refractivity contribution is 0.338. The van der Waals surface area contributed by atoms with Gasteiger partial charge in [-0.25, -0.2) is 0 Å². The van der Waals surface area contributed by atoms with Gasteiger partial charge in [0.25, 0.3) is 0 Å². The van der Waals surface area contributed by atoms with Gasteiger partial charge in [-0.05, 0) is 52.0 Å². The first-order valence-corrected chi connectivity index (χ1v) is 7.91. The van der Waals surface area contributed by atoms with Crippen molar-refractivity contribution in [1.29, 1.82) is 0 Å². The van der Waals surface area contributed by atoms with Crippen LogP contribution in [0.1, 0.15) is 22.2 Å². The van der Waals surface area contributed by atoms with E-state index in [-0.39, 0.29) is 4.83 Å². The minimum Gasteiger partial charge on any atom is -0.493 e. The van der Waals surface area contributed by atoms with Gasteiger partial charge in [0.05, 0.1) is 15.9 Å². The molecule has 1 nitrogen and oxygen atoms in total. The van der Waals surface area contributed by atoms with E-state index >= 15 is 0 Å². The van der Waals surface area contributed by atoms with E-state index in [1.165, 1.54) is 10.4 Å². The van der Waals surface area contributed by atoms with Gasteiger partial charge >= 0.3 is 0 Å². The lowest BCUT2D eigenvalue weighted by Gasteiger charge is -2.11. The second-order valence-corrected chi connectivity index (χ2v) is 6.25. The van der Waals surface area contributed by atoms with E-state index in [4.69, 9.17) is 4.74 Å². The minimum absolute atomic E-state index is 0.245. The summed E-state index contributed by atoms with van der Waals surface area (Å²) < 4.78 is 6.50. The quantitative estimate of drug-likeness (QED) is 0.650. The van der Waals surface area contributed by atoms with Crippen LogP contribution in [0.15, 0.2) is 40.2 Å². The molecule has 4 heteroatoms. The van der Waals surface area contributed by atoms with Crippen LogP contribution in [-0.4, -0.2) is 6.61 Å². The van der Waals surface area contributed by atoms with Crippen LogP contribution in [0.5, 0.6) is 5.75 Å². The molecule has 0 aliphatic heterocycles. The average molecular weight is 376 g/mol. The number of alkyl halides is 1. The van der Waals surface area contributed by atoms with Crippen molar-refractivity contribution in [2.24, 2.45) is 0 Å². The minimum atomic E-state index is 0.245. The van der Waals surface area contributed by atoms with Crippen molar-refractivity contribution in [3.63, 3.8) is 0 Å². The molecule has 1 unspecified atom stereocenters. The molecule has 0 spiro atoms. The second-order valence-electron chi connectivity index (χ2n) is 3.50. The first kappa shape index (κ1) is 13.1. The number of hydrogen-bond donors (Lipinski definition) is 0. The molecule has 0 radical (unpaired) electrons. The van der Waals surface area contributed by atoms with Gasteiger partial charge < -0.3 is 4.74 Å². The molecule has 17 heavy (non-hydrogen) atoms. The summed E-state index contributed by atoms with van der Waals surface area (Å²) in [5.41, 5.74) is 1.22. The summed E-state index contributed by atoms with van der Waals surface area (Å²) in [6.45, 7) is 2.67. The Morgan fingerprint density at radius 3 is 2.76 bits per heavy atom. The maximum atomic E-state index is 5.50. The Balaban J connectivity index is 2.25. The van der Waals surface area contributed by atoms with E-state index < -0.39 is 0 Å². The van der Waals surface area contributed by atoms with E-state index in [1.807, 2.05) is 13.0 Å². The van der Waals surface area contributed by atoms with E-state index in [0.717, 1.165) is 10.2 Å². The van der Waals surface area contributed by atoms with Gasteiger partial charge in [-0.2, -0.15) is 0 Å². The predicted octanol–water partition coefficient (Wildman–Crippen LogP) is 5.39. The number of hydrogen-bond acceptors (Lipinski definition) is 2. The summed E-state index contributed by atoms with van der Waals surface area (Å²) >= 11 is 9.01. The average Bonchev–Trinajstić information content (AvgIpc) is 2.84. The van der Waals surface area contributed by atoms with Crippen molar-refractivity contribution < 1.29 is 4.74 Å². The van der Waals surface area contributed by atoms with Gasteiger partial charge in [-0.1, -0.05) is 28.1 Å². The van der Waals surface area contributed by atoms with E-state index in [0.29, 0.717) is 6.61 Å². The molecule has 1 aromatic carbocycles. The molecule has 1 heterocycles. The fourth-order valence-electron chi connectivity index (χ4n) is 1.55. The van der Waals surface area contributed by atoms with Gasteiger partial charge in [0.1, 0.15) is 5.75 Å². The number of benzene rings is 1. The Hall–Kier alpha value is -0.320. The highest BCUT2D eigenvalue weighted by Crippen LogP contribution is 2.37. The highest BCUT2D eigenvalue weighted by molar-refractivity contribution is 9.10. The summed E-state index contributed by atoms with van der Waals surface area (Å²) in [6.07, 6.45) is 0. The fraction of sp³-hybridized carbons (Fsp3) is 0.231. The lowest BCUT2D eigenvalue weighted by Crippen LogP contribution is -1.95. The van der Waals surface area contributed by atoms with E-state index in [9.17, 15) is 0 Å². The summed E-state index contributed by atoms with van der Waals surface area (Å²) in [5, 5.41) is 2.09. The monoisotopic (exact) mass is 374 g/mol. The number of thiophene rings is 1. The van der Waals surface area contributed by atoms with Gasteiger partial charge in [0, 0.05) is 4.88 Å². The number of halogens is 2. The zero-order valence-electron chi connectivity index (χ0n) is 9.32. The Bertz CT molecular complexity index is 482. The van der Waals surface area contributed by atoms with Crippen LogP contribution in [0, 0.1) is 0 Å². The molecule has 1 atom stereocenters. The number of ether oxygens (including phenoxy) is 1. The molecule has 0 aliphatic rings. The Labute approximate surface area is 122 Å². The van der Waals surface area contributed by atoms with Crippen LogP contribution in [0.25, 0.3) is 0 Å². The third-order valence-corrected chi connectivity index (χ3v) is 5.22. The molecule has 0 saturated carbocycles. The standard InChI is InChI=1S/C13H12Br2OS/c1-2-16-11-6-5-9(8-10(11)14)13(15)12-4-3-7-17-12/h3-8,13H,2H2,1H3. The SMILES string of the molecule is CCOc1ccc(C(Br)c2cccs2)cc1Br. The van der Waals surface area contributed by atoms with E-state index in [1.54, 1.807) is 11.3 Å². The first-order valence-electron chi connectivity index (χ1n) is 5.32. The summed E-state index contributed by atoms with van der Waals surface area (Å²) in [7, 11) is 0. The summed E-state index contributed by atoms with van der Waals surface area (Å²) in [4.78, 5) is 1.55. The summed E-state index contributed by atoms with van der Waals surface area (Å²) in [5.74, 6) is 0.891. The van der Waals surface area contributed by atoms with Crippen LogP contribution >= 0.6 is 43.2 Å². The van der Waals surface area contributed by atoms with Crippen molar-refractivity contribution >= 4 is 43.2 Å². The fourth-order valence-corrected chi connectivity index (χ4v) is 3.55. The smallest absolute Gasteiger partial charge is 0.133 e. The topological polar surface area (TPSA) is 9.23 Å². The number of rotatable bonds is 4. The van der Waals surface area contributed by atoms with Crippen molar-refractivity contribution in [3.05, 3.63) is 50.6 Å². The molecule has 90 valence electrons. The van der Waals surface area contributed by atoms with Gasteiger partial charge in [0.15, 0.2) is 0 Å². The van der Waals surface area contributed by atoms with Gasteiger partial charge in [-0.3, -0.25) is 0 Å². The molecule has 0 aliphatic carbocycles. The molecule has 2 aromatic rings. The molecule has 0 bridgehead atoms. The van der Waals surface area contributed by atoms with Crippen LogP contribution in [0.4, 0.5) is 0 Å². The molecule has 0 N–H and O–H groups in total. The zero-order chi connectivity index (χ0) is 12.3. The predicted molar refractivity (Wildman–Crippen MR) is 80.4 cm³/mol. The highest BCUT2D eigenvalue weighted by atomic mass is 79.9. The molecule has 0 saturated heterocycles. The molecular formula is C13H12Br2OS. The van der Waals surface area contributed by atoms with Crippen molar-refractivity contribution in [2.75, 3.05) is 6.61 Å². The molecule has 2 rings (SSSR count). The Morgan fingerprint density at radius 1 is 1.35 bits per heavy atom. The van der Waals surface area contributed by atoms with Crippen LogP contribution in [0.2, 0.25) is 0 Å². The van der Waals surface area contributed by atoms with E-state index in [2.05, 4.69) is 61.5 Å². The van der Waals surface area contributed by atoms with Crippen molar-refractivity contribution in [3.8, 4) is 5.75 Å². The Kier molecular flexibility index (Phi) is 4.65. The van der Waals surface area contributed by atoms with Crippen LogP contribution < -0.4 is 4.74 Å². The maximum absolute atomic E-state index is 5.50. The largest absolute Gasteiger partial charge is 0.493 e. The molecular weight excluding hydrogens is 364 g/mol. The first-order chi connectivity index (χ1) is 8.22. The van der Waals surface area contributed by atoms with Gasteiger partial charge in [0.2, 0.25) is 0 Å². The normalized spacial score (nSPS) is 12.4. The van der Waals surface area contributed by atoms with Crippen LogP contribution in [0.3, 0.4) is 0 Å².